The number of halogens is 3. The minimum absolute atomic E-state index is 0.648. The molecule has 1 nitrogen and oxygen atoms in total. The second-order valence-electron chi connectivity index (χ2n) is 4.95. The predicted molar refractivity (Wildman–Crippen MR) is 77.5 cm³/mol. The van der Waals surface area contributed by atoms with Crippen molar-refractivity contribution in [2.45, 2.75) is 47.9 Å². The molecular weight excluding hydrogens is 291 g/mol. The highest BCUT2D eigenvalue weighted by molar-refractivity contribution is 6.68. The van der Waals surface area contributed by atoms with Crippen LogP contribution in [-0.2, 0) is 0 Å². The van der Waals surface area contributed by atoms with Gasteiger partial charge >= 0.3 is 0 Å². The van der Waals surface area contributed by atoms with Gasteiger partial charge in [0.15, 0.2) is 0 Å². The second kappa shape index (κ2) is 6.00. The third kappa shape index (κ3) is 3.54. The quantitative estimate of drug-likeness (QED) is 0.750. The number of alkyl halides is 3. The number of benzene rings is 1. The maximum atomic E-state index is 9.86. The molecule has 1 aromatic rings. The third-order valence-electron chi connectivity index (χ3n) is 3.64. The molecule has 1 aromatic carbocycles. The summed E-state index contributed by atoms with van der Waals surface area (Å²) in [5, 5.41) is 9.86. The standard InChI is InChI=1S/C14H17Cl3O/c15-14(16,17)13(18)12-8-6-11(7-9-12)10-4-2-1-3-5-10/h6-10,13,18H,1-5H2. The van der Waals surface area contributed by atoms with Crippen molar-refractivity contribution in [3.8, 4) is 0 Å². The summed E-state index contributed by atoms with van der Waals surface area (Å²) in [6.07, 6.45) is 5.40. The highest BCUT2D eigenvalue weighted by atomic mass is 35.6. The van der Waals surface area contributed by atoms with E-state index in [1.807, 2.05) is 24.3 Å². The van der Waals surface area contributed by atoms with Gasteiger partial charge in [-0.1, -0.05) is 78.3 Å². The molecule has 0 amide bonds. The molecule has 1 N–H and O–H groups in total. The zero-order valence-electron chi connectivity index (χ0n) is 10.1. The summed E-state index contributed by atoms with van der Waals surface area (Å²) >= 11 is 17.1. The highest BCUT2D eigenvalue weighted by Crippen LogP contribution is 2.40. The van der Waals surface area contributed by atoms with Gasteiger partial charge in [-0.3, -0.25) is 0 Å². The van der Waals surface area contributed by atoms with E-state index in [1.54, 1.807) is 0 Å². The number of hydrogen-bond donors (Lipinski definition) is 1. The van der Waals surface area contributed by atoms with Gasteiger partial charge in [-0.25, -0.2) is 0 Å². The normalized spacial score (nSPS) is 19.8. The first kappa shape index (κ1) is 14.5. The fourth-order valence-electron chi connectivity index (χ4n) is 2.58. The van der Waals surface area contributed by atoms with E-state index in [0.29, 0.717) is 11.5 Å². The van der Waals surface area contributed by atoms with E-state index in [2.05, 4.69) is 0 Å². The summed E-state index contributed by atoms with van der Waals surface area (Å²) in [5.74, 6) is 0.651. The van der Waals surface area contributed by atoms with Crippen molar-refractivity contribution in [3.05, 3.63) is 35.4 Å². The van der Waals surface area contributed by atoms with Gasteiger partial charge in [0.05, 0.1) is 0 Å². The van der Waals surface area contributed by atoms with Crippen LogP contribution >= 0.6 is 34.8 Å². The van der Waals surface area contributed by atoms with Gasteiger partial charge in [0.25, 0.3) is 0 Å². The SMILES string of the molecule is OC(c1ccc(C2CCCCC2)cc1)C(Cl)(Cl)Cl. The Kier molecular flexibility index (Phi) is 4.82. The zero-order chi connectivity index (χ0) is 13.2. The van der Waals surface area contributed by atoms with E-state index < -0.39 is 9.90 Å². The van der Waals surface area contributed by atoms with Crippen molar-refractivity contribution in [1.29, 1.82) is 0 Å². The Morgan fingerprint density at radius 1 is 1.00 bits per heavy atom. The van der Waals surface area contributed by atoms with Crippen molar-refractivity contribution in [2.24, 2.45) is 0 Å². The molecule has 2 rings (SSSR count). The monoisotopic (exact) mass is 306 g/mol. The van der Waals surface area contributed by atoms with Gasteiger partial charge in [0.2, 0.25) is 3.79 Å². The molecule has 0 saturated heterocycles. The van der Waals surface area contributed by atoms with Crippen LogP contribution < -0.4 is 0 Å². The summed E-state index contributed by atoms with van der Waals surface area (Å²) < 4.78 is -1.67. The van der Waals surface area contributed by atoms with Gasteiger partial charge < -0.3 is 5.11 Å². The molecule has 0 bridgehead atoms. The van der Waals surface area contributed by atoms with Crippen LogP contribution in [0.3, 0.4) is 0 Å². The smallest absolute Gasteiger partial charge is 0.220 e. The third-order valence-corrected chi connectivity index (χ3v) is 4.26. The van der Waals surface area contributed by atoms with E-state index >= 15 is 0 Å². The summed E-state index contributed by atoms with van der Waals surface area (Å²) in [5.41, 5.74) is 1.98. The molecule has 1 aliphatic carbocycles. The molecule has 100 valence electrons. The van der Waals surface area contributed by atoms with Crippen LogP contribution in [-0.4, -0.2) is 8.90 Å². The molecule has 18 heavy (non-hydrogen) atoms. The number of aliphatic hydroxyl groups is 1. The number of hydrogen-bond acceptors (Lipinski definition) is 1. The van der Waals surface area contributed by atoms with Crippen molar-refractivity contribution in [1.82, 2.24) is 0 Å². The number of rotatable bonds is 2. The van der Waals surface area contributed by atoms with E-state index in [0.717, 1.165) is 0 Å². The van der Waals surface area contributed by atoms with Crippen molar-refractivity contribution < 1.29 is 5.11 Å². The minimum atomic E-state index is -1.67. The van der Waals surface area contributed by atoms with Crippen LogP contribution in [0.2, 0.25) is 0 Å². The Hall–Kier alpha value is 0.0500. The van der Waals surface area contributed by atoms with Crippen LogP contribution in [0.1, 0.15) is 55.3 Å². The van der Waals surface area contributed by atoms with Crippen molar-refractivity contribution in [3.63, 3.8) is 0 Å². The van der Waals surface area contributed by atoms with Crippen LogP contribution in [0.5, 0.6) is 0 Å². The van der Waals surface area contributed by atoms with Gasteiger partial charge in [0.1, 0.15) is 6.10 Å². The maximum Gasteiger partial charge on any atom is 0.220 e. The lowest BCUT2D eigenvalue weighted by Gasteiger charge is -2.23. The fraction of sp³-hybridized carbons (Fsp3) is 0.571. The summed E-state index contributed by atoms with van der Waals surface area (Å²) in [7, 11) is 0. The Bertz CT molecular complexity index is 377. The lowest BCUT2D eigenvalue weighted by atomic mass is 9.84. The summed E-state index contributed by atoms with van der Waals surface area (Å²) in [6.45, 7) is 0. The van der Waals surface area contributed by atoms with E-state index in [9.17, 15) is 5.11 Å². The van der Waals surface area contributed by atoms with Crippen LogP contribution in [0.15, 0.2) is 24.3 Å². The topological polar surface area (TPSA) is 20.2 Å². The van der Waals surface area contributed by atoms with Crippen LogP contribution in [0, 0.1) is 0 Å². The molecule has 0 radical (unpaired) electrons. The maximum absolute atomic E-state index is 9.86. The lowest BCUT2D eigenvalue weighted by molar-refractivity contribution is 0.182. The summed E-state index contributed by atoms with van der Waals surface area (Å²) in [6, 6.07) is 7.81. The first-order valence-electron chi connectivity index (χ1n) is 6.33. The molecule has 0 spiro atoms. The molecule has 1 aliphatic rings. The van der Waals surface area contributed by atoms with Gasteiger partial charge in [-0.05, 0) is 29.9 Å². The molecule has 1 fully saturated rings. The van der Waals surface area contributed by atoms with E-state index in [-0.39, 0.29) is 0 Å². The lowest BCUT2D eigenvalue weighted by Crippen LogP contribution is -2.16. The average Bonchev–Trinajstić information content (AvgIpc) is 2.38. The molecule has 0 heterocycles. The Labute approximate surface area is 123 Å². The molecule has 1 saturated carbocycles. The molecule has 0 aromatic heterocycles. The van der Waals surface area contributed by atoms with E-state index in [4.69, 9.17) is 34.8 Å². The fourth-order valence-corrected chi connectivity index (χ4v) is 2.95. The first-order chi connectivity index (χ1) is 8.48. The largest absolute Gasteiger partial charge is 0.384 e. The average molecular weight is 308 g/mol. The molecular formula is C14H17Cl3O. The van der Waals surface area contributed by atoms with Crippen LogP contribution in [0.25, 0.3) is 0 Å². The van der Waals surface area contributed by atoms with Gasteiger partial charge in [-0.15, -0.1) is 0 Å². The molecule has 1 unspecified atom stereocenters. The molecule has 4 heteroatoms. The molecule has 0 aliphatic heterocycles. The Morgan fingerprint density at radius 2 is 1.56 bits per heavy atom. The van der Waals surface area contributed by atoms with Crippen molar-refractivity contribution >= 4 is 34.8 Å². The first-order valence-corrected chi connectivity index (χ1v) is 7.46. The Morgan fingerprint density at radius 3 is 2.06 bits per heavy atom. The van der Waals surface area contributed by atoms with Gasteiger partial charge in [-0.2, -0.15) is 0 Å². The van der Waals surface area contributed by atoms with E-state index in [1.165, 1.54) is 37.7 Å². The predicted octanol–water partition coefficient (Wildman–Crippen LogP) is 5.14. The minimum Gasteiger partial charge on any atom is -0.384 e. The van der Waals surface area contributed by atoms with Gasteiger partial charge in [0, 0.05) is 0 Å². The Balaban J connectivity index is 2.09. The highest BCUT2D eigenvalue weighted by Gasteiger charge is 2.32. The second-order valence-corrected chi connectivity index (χ2v) is 7.31. The van der Waals surface area contributed by atoms with Crippen molar-refractivity contribution in [2.75, 3.05) is 0 Å². The number of aliphatic hydroxyl groups excluding tert-OH is 1. The summed E-state index contributed by atoms with van der Waals surface area (Å²) in [4.78, 5) is 0. The molecule has 1 atom stereocenters. The van der Waals surface area contributed by atoms with Crippen LogP contribution in [0.4, 0.5) is 0 Å². The zero-order valence-corrected chi connectivity index (χ0v) is 12.3.